The average molecular weight is 521 g/mol. The van der Waals surface area contributed by atoms with Crippen LogP contribution < -0.4 is 27.4 Å². The van der Waals surface area contributed by atoms with E-state index in [1.807, 2.05) is 30.5 Å². The Morgan fingerprint density at radius 1 is 1.06 bits per heavy atom. The zero-order valence-corrected chi connectivity index (χ0v) is 20.7. The fourth-order valence-electron chi connectivity index (χ4n) is 3.47. The molecule has 9 N–H and O–H groups in total. The lowest BCUT2D eigenvalue weighted by Crippen LogP contribution is -2.54. The zero-order valence-electron chi connectivity index (χ0n) is 19.9. The van der Waals surface area contributed by atoms with E-state index in [0.717, 1.165) is 16.5 Å². The van der Waals surface area contributed by atoms with E-state index in [-0.39, 0.29) is 25.7 Å². The molecule has 0 aliphatic heterocycles. The molecule has 196 valence electrons. The van der Waals surface area contributed by atoms with Crippen molar-refractivity contribution in [3.8, 4) is 0 Å². The van der Waals surface area contributed by atoms with Gasteiger partial charge in [-0.2, -0.15) is 11.8 Å². The van der Waals surface area contributed by atoms with Crippen LogP contribution in [0.4, 0.5) is 0 Å². The molecule has 12 nitrogen and oxygen atoms in total. The summed E-state index contributed by atoms with van der Waals surface area (Å²) >= 11 is 1.45. The first-order valence-electron chi connectivity index (χ1n) is 11.3. The molecule has 0 aliphatic carbocycles. The van der Waals surface area contributed by atoms with Crippen LogP contribution in [0, 0.1) is 0 Å². The van der Waals surface area contributed by atoms with E-state index in [1.165, 1.54) is 11.8 Å². The minimum atomic E-state index is -1.17. The van der Waals surface area contributed by atoms with Gasteiger partial charge in [-0.3, -0.25) is 19.2 Å². The summed E-state index contributed by atoms with van der Waals surface area (Å²) < 4.78 is 0. The van der Waals surface area contributed by atoms with Crippen LogP contribution in [0.2, 0.25) is 0 Å². The Morgan fingerprint density at radius 3 is 2.44 bits per heavy atom. The van der Waals surface area contributed by atoms with Crippen LogP contribution in [0.15, 0.2) is 30.5 Å². The third-order valence-corrected chi connectivity index (χ3v) is 6.08. The lowest BCUT2D eigenvalue weighted by atomic mass is 10.0. The summed E-state index contributed by atoms with van der Waals surface area (Å²) in [5.74, 6) is -3.22. The number of nitrogens with one attached hydrogen (secondary N) is 4. The Kier molecular flexibility index (Phi) is 11.2. The Hall–Kier alpha value is -3.58. The van der Waals surface area contributed by atoms with E-state index in [2.05, 4.69) is 20.9 Å². The number of carboxylic acids is 1. The monoisotopic (exact) mass is 520 g/mol. The molecule has 0 fully saturated rings. The van der Waals surface area contributed by atoms with E-state index < -0.39 is 54.3 Å². The Labute approximate surface area is 212 Å². The number of fused-ring (bicyclic) bond motifs is 1. The molecule has 1 aromatic heterocycles. The van der Waals surface area contributed by atoms with Gasteiger partial charge in [0.05, 0.1) is 12.6 Å². The van der Waals surface area contributed by atoms with Crippen LogP contribution in [0.1, 0.15) is 24.8 Å². The summed E-state index contributed by atoms with van der Waals surface area (Å²) in [5.41, 5.74) is 12.3. The maximum absolute atomic E-state index is 13.1. The van der Waals surface area contributed by atoms with Gasteiger partial charge in [0.1, 0.15) is 12.1 Å². The predicted molar refractivity (Wildman–Crippen MR) is 136 cm³/mol. The Balaban J connectivity index is 2.10. The maximum atomic E-state index is 13.1. The van der Waals surface area contributed by atoms with Gasteiger partial charge < -0.3 is 37.5 Å². The lowest BCUT2D eigenvalue weighted by Gasteiger charge is -2.22. The van der Waals surface area contributed by atoms with Crippen molar-refractivity contribution in [1.82, 2.24) is 20.9 Å². The van der Waals surface area contributed by atoms with Gasteiger partial charge in [0.2, 0.25) is 23.6 Å². The van der Waals surface area contributed by atoms with Gasteiger partial charge in [-0.05, 0) is 36.5 Å². The van der Waals surface area contributed by atoms with E-state index in [1.54, 1.807) is 6.20 Å². The van der Waals surface area contributed by atoms with Gasteiger partial charge in [0, 0.05) is 29.9 Å². The summed E-state index contributed by atoms with van der Waals surface area (Å²) in [7, 11) is 0. The highest BCUT2D eigenvalue weighted by atomic mass is 32.2. The Bertz CT molecular complexity index is 1090. The number of carboxylic acid groups (broad SMARTS) is 1. The minimum Gasteiger partial charge on any atom is -0.480 e. The van der Waals surface area contributed by atoms with Crippen molar-refractivity contribution in [2.75, 3.05) is 18.6 Å². The minimum absolute atomic E-state index is 0.0288. The van der Waals surface area contributed by atoms with Crippen molar-refractivity contribution < 1.29 is 29.1 Å². The largest absolute Gasteiger partial charge is 0.480 e. The van der Waals surface area contributed by atoms with Gasteiger partial charge in [0.15, 0.2) is 0 Å². The molecule has 1 aromatic carbocycles. The number of nitrogens with two attached hydrogens (primary N) is 2. The van der Waals surface area contributed by atoms with Crippen molar-refractivity contribution in [2.24, 2.45) is 11.5 Å². The molecule has 3 atom stereocenters. The molecule has 13 heteroatoms. The maximum Gasteiger partial charge on any atom is 0.326 e. The Morgan fingerprint density at radius 2 is 1.78 bits per heavy atom. The SMILES string of the molecule is CSCCC(NC(=O)C(Cc1c[nH]c2ccccc12)NC(=O)CNC(=O)C(N)CCC(N)=O)C(=O)O. The number of hydrogen-bond donors (Lipinski definition) is 7. The zero-order chi connectivity index (χ0) is 26.7. The number of aromatic nitrogens is 1. The second-order valence-corrected chi connectivity index (χ2v) is 9.18. The fourth-order valence-corrected chi connectivity index (χ4v) is 3.94. The standard InChI is InChI=1S/C23H32N6O6S/c1-36-9-8-17(23(34)35)29-22(33)18(10-13-11-26-16-5-3-2-4-14(13)16)28-20(31)12-27-21(32)15(24)6-7-19(25)30/h2-5,11,15,17-18,26H,6-10,12,24H2,1H3,(H2,25,30)(H,27,32)(H,28,31)(H,29,33)(H,34,35). The lowest BCUT2D eigenvalue weighted by molar-refractivity contribution is -0.142. The molecule has 0 aliphatic rings. The van der Waals surface area contributed by atoms with E-state index in [9.17, 15) is 29.1 Å². The van der Waals surface area contributed by atoms with Crippen LogP contribution in [0.3, 0.4) is 0 Å². The molecule has 2 aromatic rings. The highest BCUT2D eigenvalue weighted by Crippen LogP contribution is 2.19. The molecular formula is C23H32N6O6S. The molecule has 0 saturated heterocycles. The van der Waals surface area contributed by atoms with E-state index in [0.29, 0.717) is 5.75 Å². The van der Waals surface area contributed by atoms with Gasteiger partial charge in [0.25, 0.3) is 0 Å². The predicted octanol–water partition coefficient (Wildman–Crippen LogP) is -0.773. The summed E-state index contributed by atoms with van der Waals surface area (Å²) in [4.78, 5) is 63.3. The first-order chi connectivity index (χ1) is 17.1. The van der Waals surface area contributed by atoms with Crippen LogP contribution in [0.5, 0.6) is 0 Å². The fraction of sp³-hybridized carbons (Fsp3) is 0.435. The number of amides is 4. The average Bonchev–Trinajstić information content (AvgIpc) is 3.25. The molecule has 0 spiro atoms. The van der Waals surface area contributed by atoms with E-state index >= 15 is 0 Å². The number of thioether (sulfide) groups is 1. The number of aliphatic carboxylic acids is 1. The van der Waals surface area contributed by atoms with Crippen LogP contribution in [-0.2, 0) is 30.4 Å². The smallest absolute Gasteiger partial charge is 0.326 e. The molecule has 0 saturated carbocycles. The quantitative estimate of drug-likeness (QED) is 0.158. The van der Waals surface area contributed by atoms with Crippen LogP contribution in [-0.4, -0.2) is 76.4 Å². The molecule has 0 radical (unpaired) electrons. The summed E-state index contributed by atoms with van der Waals surface area (Å²) in [6.07, 6.45) is 3.81. The number of H-pyrrole nitrogens is 1. The van der Waals surface area contributed by atoms with Gasteiger partial charge in [-0.1, -0.05) is 18.2 Å². The number of para-hydroxylation sites is 1. The molecule has 36 heavy (non-hydrogen) atoms. The first kappa shape index (κ1) is 28.7. The highest BCUT2D eigenvalue weighted by molar-refractivity contribution is 7.98. The number of carbonyl (C=O) groups is 5. The number of aromatic amines is 1. The second-order valence-electron chi connectivity index (χ2n) is 8.19. The molecule has 4 amide bonds. The number of primary amides is 1. The third kappa shape index (κ3) is 8.89. The molecule has 3 unspecified atom stereocenters. The summed E-state index contributed by atoms with van der Waals surface area (Å²) in [5, 5.41) is 17.8. The normalized spacial score (nSPS) is 13.4. The first-order valence-corrected chi connectivity index (χ1v) is 12.7. The van der Waals surface area contributed by atoms with Crippen molar-refractivity contribution >= 4 is 52.3 Å². The number of rotatable bonds is 15. The van der Waals surface area contributed by atoms with Gasteiger partial charge >= 0.3 is 5.97 Å². The third-order valence-electron chi connectivity index (χ3n) is 5.44. The molecule has 2 rings (SSSR count). The van der Waals surface area contributed by atoms with Gasteiger partial charge in [-0.15, -0.1) is 0 Å². The topological polar surface area (TPSA) is 210 Å². The van der Waals surface area contributed by atoms with Crippen molar-refractivity contribution in [3.63, 3.8) is 0 Å². The second kappa shape index (κ2) is 14.1. The molecule has 1 heterocycles. The highest BCUT2D eigenvalue weighted by Gasteiger charge is 2.27. The number of carbonyl (C=O) groups excluding carboxylic acids is 4. The number of hydrogen-bond acceptors (Lipinski definition) is 7. The summed E-state index contributed by atoms with van der Waals surface area (Å²) in [6, 6.07) is 4.19. The molecule has 0 bridgehead atoms. The van der Waals surface area contributed by atoms with Crippen molar-refractivity contribution in [1.29, 1.82) is 0 Å². The van der Waals surface area contributed by atoms with Crippen molar-refractivity contribution in [3.05, 3.63) is 36.0 Å². The number of benzene rings is 1. The molecular weight excluding hydrogens is 488 g/mol. The van der Waals surface area contributed by atoms with Crippen LogP contribution in [0.25, 0.3) is 10.9 Å². The van der Waals surface area contributed by atoms with E-state index in [4.69, 9.17) is 11.5 Å². The summed E-state index contributed by atoms with van der Waals surface area (Å²) in [6.45, 7) is -0.463. The van der Waals surface area contributed by atoms with Gasteiger partial charge in [-0.25, -0.2) is 4.79 Å². The van der Waals surface area contributed by atoms with Crippen molar-refractivity contribution in [2.45, 2.75) is 43.8 Å². The van der Waals surface area contributed by atoms with Crippen LogP contribution >= 0.6 is 11.8 Å².